The van der Waals surface area contributed by atoms with Crippen molar-refractivity contribution in [3.8, 4) is 0 Å². The van der Waals surface area contributed by atoms with E-state index in [4.69, 9.17) is 4.74 Å². The first-order chi connectivity index (χ1) is 7.25. The van der Waals surface area contributed by atoms with Gasteiger partial charge in [0.05, 0.1) is 12.5 Å². The molecule has 1 atom stereocenters. The Balaban J connectivity index is 1.76. The van der Waals surface area contributed by atoms with Gasteiger partial charge in [-0.3, -0.25) is 4.79 Å². The highest BCUT2D eigenvalue weighted by Crippen LogP contribution is 2.22. The third-order valence-electron chi connectivity index (χ3n) is 3.34. The van der Waals surface area contributed by atoms with Crippen LogP contribution in [0, 0.1) is 5.92 Å². The van der Waals surface area contributed by atoms with Gasteiger partial charge in [-0.15, -0.1) is 0 Å². The predicted molar refractivity (Wildman–Crippen MR) is 58.5 cm³/mol. The standard InChI is InChI=1S/C12H19NO2/c1-9-2-4-11(5-3-9)13-12(14)10-6-7-15-8-10/h10-11H,1-8H2,(H,13,14). The SMILES string of the molecule is C=C1CCC(NC(=O)C2CCOC2)CC1. The Morgan fingerprint density at radius 2 is 2.07 bits per heavy atom. The van der Waals surface area contributed by atoms with E-state index in [9.17, 15) is 4.79 Å². The van der Waals surface area contributed by atoms with Crippen LogP contribution < -0.4 is 5.32 Å². The lowest BCUT2D eigenvalue weighted by Gasteiger charge is -2.25. The molecule has 0 spiro atoms. The number of nitrogens with one attached hydrogen (secondary N) is 1. The quantitative estimate of drug-likeness (QED) is 0.702. The van der Waals surface area contributed by atoms with E-state index in [-0.39, 0.29) is 11.8 Å². The lowest BCUT2D eigenvalue weighted by Crippen LogP contribution is -2.40. The molecular weight excluding hydrogens is 190 g/mol. The van der Waals surface area contributed by atoms with Crippen molar-refractivity contribution in [2.75, 3.05) is 13.2 Å². The minimum atomic E-state index is 0.0927. The van der Waals surface area contributed by atoms with Gasteiger partial charge in [-0.2, -0.15) is 0 Å². The van der Waals surface area contributed by atoms with Gasteiger partial charge in [0.25, 0.3) is 0 Å². The zero-order chi connectivity index (χ0) is 10.7. The molecule has 0 radical (unpaired) electrons. The number of amides is 1. The molecule has 2 aliphatic rings. The summed E-state index contributed by atoms with van der Waals surface area (Å²) in [6.07, 6.45) is 5.11. The summed E-state index contributed by atoms with van der Waals surface area (Å²) in [5.41, 5.74) is 1.32. The summed E-state index contributed by atoms with van der Waals surface area (Å²) in [6.45, 7) is 5.31. The van der Waals surface area contributed by atoms with Crippen molar-refractivity contribution in [1.29, 1.82) is 0 Å². The summed E-state index contributed by atoms with van der Waals surface area (Å²) in [7, 11) is 0. The van der Waals surface area contributed by atoms with E-state index in [2.05, 4.69) is 11.9 Å². The highest BCUT2D eigenvalue weighted by Gasteiger charge is 2.26. The van der Waals surface area contributed by atoms with Gasteiger partial charge in [-0.05, 0) is 32.1 Å². The Labute approximate surface area is 90.9 Å². The number of hydrogen-bond donors (Lipinski definition) is 1. The molecule has 3 nitrogen and oxygen atoms in total. The molecule has 3 heteroatoms. The minimum absolute atomic E-state index is 0.0927. The molecule has 2 rings (SSSR count). The Hall–Kier alpha value is -0.830. The van der Waals surface area contributed by atoms with Gasteiger partial charge in [0.1, 0.15) is 0 Å². The van der Waals surface area contributed by atoms with Crippen LogP contribution >= 0.6 is 0 Å². The predicted octanol–water partition coefficient (Wildman–Crippen LogP) is 1.64. The monoisotopic (exact) mass is 209 g/mol. The molecule has 15 heavy (non-hydrogen) atoms. The Morgan fingerprint density at radius 3 is 2.67 bits per heavy atom. The minimum Gasteiger partial charge on any atom is -0.381 e. The van der Waals surface area contributed by atoms with Crippen LogP contribution in [-0.4, -0.2) is 25.2 Å². The molecule has 0 aromatic rings. The van der Waals surface area contributed by atoms with Gasteiger partial charge in [-0.25, -0.2) is 0 Å². The second-order valence-electron chi connectivity index (χ2n) is 4.59. The van der Waals surface area contributed by atoms with Crippen molar-refractivity contribution < 1.29 is 9.53 Å². The molecule has 1 saturated carbocycles. The second kappa shape index (κ2) is 4.79. The van der Waals surface area contributed by atoms with Crippen LogP contribution in [0.2, 0.25) is 0 Å². The fourth-order valence-corrected chi connectivity index (χ4v) is 2.23. The molecule has 0 aromatic heterocycles. The summed E-state index contributed by atoms with van der Waals surface area (Å²) in [4.78, 5) is 11.8. The van der Waals surface area contributed by atoms with Crippen LogP contribution in [0.4, 0.5) is 0 Å². The molecular formula is C12H19NO2. The lowest BCUT2D eigenvalue weighted by atomic mass is 9.91. The molecule has 1 saturated heterocycles. The number of ether oxygens (including phenoxy) is 1. The van der Waals surface area contributed by atoms with Gasteiger partial charge in [0.2, 0.25) is 5.91 Å². The maximum atomic E-state index is 11.8. The first-order valence-electron chi connectivity index (χ1n) is 5.80. The van der Waals surface area contributed by atoms with Crippen molar-refractivity contribution in [2.45, 2.75) is 38.1 Å². The van der Waals surface area contributed by atoms with Crippen LogP contribution in [0.3, 0.4) is 0 Å². The van der Waals surface area contributed by atoms with E-state index in [0.29, 0.717) is 12.6 Å². The van der Waals surface area contributed by atoms with E-state index in [1.165, 1.54) is 5.57 Å². The zero-order valence-electron chi connectivity index (χ0n) is 9.13. The first-order valence-corrected chi connectivity index (χ1v) is 5.80. The van der Waals surface area contributed by atoms with E-state index >= 15 is 0 Å². The molecule has 0 bridgehead atoms. The Morgan fingerprint density at radius 1 is 1.33 bits per heavy atom. The van der Waals surface area contributed by atoms with Crippen molar-refractivity contribution in [3.63, 3.8) is 0 Å². The van der Waals surface area contributed by atoms with Crippen LogP contribution in [0.25, 0.3) is 0 Å². The Kier molecular flexibility index (Phi) is 3.41. The third-order valence-corrected chi connectivity index (χ3v) is 3.34. The third kappa shape index (κ3) is 2.81. The molecule has 0 aromatic carbocycles. The lowest BCUT2D eigenvalue weighted by molar-refractivity contribution is -0.125. The van der Waals surface area contributed by atoms with E-state index in [1.807, 2.05) is 0 Å². The van der Waals surface area contributed by atoms with Crippen LogP contribution in [0.1, 0.15) is 32.1 Å². The van der Waals surface area contributed by atoms with Gasteiger partial charge < -0.3 is 10.1 Å². The molecule has 1 aliphatic heterocycles. The topological polar surface area (TPSA) is 38.3 Å². The van der Waals surface area contributed by atoms with Crippen molar-refractivity contribution in [3.05, 3.63) is 12.2 Å². The van der Waals surface area contributed by atoms with E-state index in [0.717, 1.165) is 38.7 Å². The van der Waals surface area contributed by atoms with Gasteiger partial charge in [-0.1, -0.05) is 12.2 Å². The van der Waals surface area contributed by atoms with Gasteiger partial charge in [0, 0.05) is 12.6 Å². The summed E-state index contributed by atoms with van der Waals surface area (Å²) in [5.74, 6) is 0.278. The van der Waals surface area contributed by atoms with Crippen LogP contribution in [0.5, 0.6) is 0 Å². The van der Waals surface area contributed by atoms with Crippen molar-refractivity contribution in [2.24, 2.45) is 5.92 Å². The maximum absolute atomic E-state index is 11.8. The zero-order valence-corrected chi connectivity index (χ0v) is 9.13. The fourth-order valence-electron chi connectivity index (χ4n) is 2.23. The molecule has 1 unspecified atom stereocenters. The van der Waals surface area contributed by atoms with Crippen LogP contribution in [0.15, 0.2) is 12.2 Å². The van der Waals surface area contributed by atoms with Gasteiger partial charge in [0.15, 0.2) is 0 Å². The number of carbonyl (C=O) groups is 1. The summed E-state index contributed by atoms with van der Waals surface area (Å²) >= 11 is 0. The van der Waals surface area contributed by atoms with E-state index in [1.54, 1.807) is 0 Å². The molecule has 1 N–H and O–H groups in total. The molecule has 2 fully saturated rings. The molecule has 1 heterocycles. The maximum Gasteiger partial charge on any atom is 0.225 e. The summed E-state index contributed by atoms with van der Waals surface area (Å²) < 4.78 is 5.21. The van der Waals surface area contributed by atoms with E-state index < -0.39 is 0 Å². The highest BCUT2D eigenvalue weighted by molar-refractivity contribution is 5.79. The normalized spacial score (nSPS) is 28.0. The number of rotatable bonds is 2. The number of allylic oxidation sites excluding steroid dienone is 1. The molecule has 1 amide bonds. The summed E-state index contributed by atoms with van der Waals surface area (Å²) in [5, 5.41) is 3.12. The number of carbonyl (C=O) groups excluding carboxylic acids is 1. The number of hydrogen-bond acceptors (Lipinski definition) is 2. The second-order valence-corrected chi connectivity index (χ2v) is 4.59. The molecule has 84 valence electrons. The average Bonchev–Trinajstić information content (AvgIpc) is 2.74. The first kappa shape index (κ1) is 10.7. The fraction of sp³-hybridized carbons (Fsp3) is 0.750. The average molecular weight is 209 g/mol. The molecule has 1 aliphatic carbocycles. The van der Waals surface area contributed by atoms with Crippen molar-refractivity contribution in [1.82, 2.24) is 5.32 Å². The highest BCUT2D eigenvalue weighted by atomic mass is 16.5. The van der Waals surface area contributed by atoms with Gasteiger partial charge >= 0.3 is 0 Å². The largest absolute Gasteiger partial charge is 0.381 e. The smallest absolute Gasteiger partial charge is 0.225 e. The summed E-state index contributed by atoms with van der Waals surface area (Å²) in [6, 6.07) is 0.364. The van der Waals surface area contributed by atoms with Crippen LogP contribution in [-0.2, 0) is 9.53 Å². The Bertz CT molecular complexity index is 246. The van der Waals surface area contributed by atoms with Crippen molar-refractivity contribution >= 4 is 5.91 Å².